The summed E-state index contributed by atoms with van der Waals surface area (Å²) in [5.74, 6) is 0.222. The molecule has 94 valence electrons. The first-order valence-corrected chi connectivity index (χ1v) is 7.48. The van der Waals surface area contributed by atoms with E-state index in [1.54, 1.807) is 16.2 Å². The van der Waals surface area contributed by atoms with E-state index in [9.17, 15) is 4.79 Å². The lowest BCUT2D eigenvalue weighted by Crippen LogP contribution is -2.39. The molecule has 3 nitrogen and oxygen atoms in total. The topological polar surface area (TPSA) is 46.3 Å². The number of hydrogen-bond acceptors (Lipinski definition) is 3. The smallest absolute Gasteiger partial charge is 0.227 e. The van der Waals surface area contributed by atoms with Gasteiger partial charge in [-0.1, -0.05) is 6.42 Å². The molecule has 1 fully saturated rings. The van der Waals surface area contributed by atoms with Gasteiger partial charge in [0.2, 0.25) is 5.91 Å². The summed E-state index contributed by atoms with van der Waals surface area (Å²) in [5.41, 5.74) is 7.13. The normalized spacial score (nSPS) is 23.9. The van der Waals surface area contributed by atoms with Gasteiger partial charge in [-0.05, 0) is 45.8 Å². The van der Waals surface area contributed by atoms with E-state index in [0.29, 0.717) is 6.54 Å². The Morgan fingerprint density at radius 2 is 2.41 bits per heavy atom. The zero-order valence-corrected chi connectivity index (χ0v) is 12.3. The molecule has 2 unspecified atom stereocenters. The number of rotatable bonds is 3. The minimum atomic E-state index is 0.0297. The van der Waals surface area contributed by atoms with Crippen molar-refractivity contribution in [1.29, 1.82) is 0 Å². The van der Waals surface area contributed by atoms with Crippen LogP contribution in [0.5, 0.6) is 0 Å². The maximum absolute atomic E-state index is 12.2. The lowest BCUT2D eigenvalue weighted by Gasteiger charge is -2.23. The van der Waals surface area contributed by atoms with E-state index < -0.39 is 0 Å². The van der Waals surface area contributed by atoms with Crippen molar-refractivity contribution in [1.82, 2.24) is 4.90 Å². The molecule has 1 aliphatic carbocycles. The molecule has 5 heteroatoms. The van der Waals surface area contributed by atoms with Crippen LogP contribution in [0.1, 0.15) is 24.8 Å². The van der Waals surface area contributed by atoms with Crippen molar-refractivity contribution in [2.24, 2.45) is 11.7 Å². The number of halogens is 1. The second-order valence-electron chi connectivity index (χ2n) is 4.65. The van der Waals surface area contributed by atoms with Crippen molar-refractivity contribution in [3.63, 3.8) is 0 Å². The SMILES string of the molecule is CN(Cc1csc(Br)c1)C(=O)C1CCCC1N. The fraction of sp³-hybridized carbons (Fsp3) is 0.583. The molecule has 0 radical (unpaired) electrons. The number of nitrogens with two attached hydrogens (primary N) is 1. The summed E-state index contributed by atoms with van der Waals surface area (Å²) in [6.45, 7) is 0.671. The molecule has 2 atom stereocenters. The minimum Gasteiger partial charge on any atom is -0.341 e. The van der Waals surface area contributed by atoms with E-state index in [-0.39, 0.29) is 17.9 Å². The van der Waals surface area contributed by atoms with Crippen LogP contribution in [0.2, 0.25) is 0 Å². The average Bonchev–Trinajstić information content (AvgIpc) is 2.86. The molecule has 1 aromatic heterocycles. The van der Waals surface area contributed by atoms with E-state index in [0.717, 1.165) is 23.0 Å². The van der Waals surface area contributed by atoms with E-state index in [4.69, 9.17) is 5.73 Å². The summed E-state index contributed by atoms with van der Waals surface area (Å²) in [7, 11) is 1.86. The molecule has 0 aliphatic heterocycles. The quantitative estimate of drug-likeness (QED) is 0.931. The van der Waals surface area contributed by atoms with Crippen molar-refractivity contribution in [2.75, 3.05) is 7.05 Å². The molecule has 0 saturated heterocycles. The fourth-order valence-electron chi connectivity index (χ4n) is 2.36. The molecule has 1 heterocycles. The third-order valence-corrected chi connectivity index (χ3v) is 4.86. The summed E-state index contributed by atoms with van der Waals surface area (Å²) in [6.07, 6.45) is 3.00. The molecule has 0 aromatic carbocycles. The van der Waals surface area contributed by atoms with Crippen LogP contribution in [0.25, 0.3) is 0 Å². The van der Waals surface area contributed by atoms with E-state index >= 15 is 0 Å². The van der Waals surface area contributed by atoms with E-state index in [1.807, 2.05) is 7.05 Å². The predicted molar refractivity (Wildman–Crippen MR) is 73.8 cm³/mol. The van der Waals surface area contributed by atoms with E-state index in [1.165, 1.54) is 5.56 Å². The van der Waals surface area contributed by atoms with Crippen molar-refractivity contribution >= 4 is 33.2 Å². The monoisotopic (exact) mass is 316 g/mol. The predicted octanol–water partition coefficient (Wildman–Crippen LogP) is 2.60. The maximum atomic E-state index is 12.2. The van der Waals surface area contributed by atoms with Gasteiger partial charge in [0.15, 0.2) is 0 Å². The molecule has 2 rings (SSSR count). The van der Waals surface area contributed by atoms with Crippen LogP contribution >= 0.6 is 27.3 Å². The summed E-state index contributed by atoms with van der Waals surface area (Å²) in [6, 6.07) is 2.11. The third-order valence-electron chi connectivity index (χ3n) is 3.30. The first-order chi connectivity index (χ1) is 8.08. The maximum Gasteiger partial charge on any atom is 0.227 e. The fourth-order valence-corrected chi connectivity index (χ4v) is 3.56. The second-order valence-corrected chi connectivity index (χ2v) is 6.95. The highest BCUT2D eigenvalue weighted by molar-refractivity contribution is 9.11. The zero-order valence-electron chi connectivity index (χ0n) is 9.86. The highest BCUT2D eigenvalue weighted by atomic mass is 79.9. The van der Waals surface area contributed by atoms with Crippen LogP contribution in [0.15, 0.2) is 15.2 Å². The number of carbonyl (C=O) groups is 1. The lowest BCUT2D eigenvalue weighted by atomic mass is 10.0. The molecule has 1 aromatic rings. The Kier molecular flexibility index (Phi) is 4.22. The molecule has 0 bridgehead atoms. The Balaban J connectivity index is 1.95. The first-order valence-electron chi connectivity index (χ1n) is 5.81. The average molecular weight is 317 g/mol. The Morgan fingerprint density at radius 3 is 2.94 bits per heavy atom. The summed E-state index contributed by atoms with van der Waals surface area (Å²) in [5, 5.41) is 2.07. The Labute approximate surface area is 114 Å². The van der Waals surface area contributed by atoms with Crippen LogP contribution in [0.3, 0.4) is 0 Å². The number of carbonyl (C=O) groups excluding carboxylic acids is 1. The highest BCUT2D eigenvalue weighted by Crippen LogP contribution is 2.27. The standard InChI is InChI=1S/C12H17BrN2OS/c1-15(6-8-5-11(13)17-7-8)12(16)9-3-2-4-10(9)14/h5,7,9-10H,2-4,6,14H2,1H3. The third kappa shape index (κ3) is 3.09. The Bertz CT molecular complexity index is 407. The van der Waals surface area contributed by atoms with Gasteiger partial charge in [-0.15, -0.1) is 11.3 Å². The van der Waals surface area contributed by atoms with Crippen molar-refractivity contribution in [3.8, 4) is 0 Å². The van der Waals surface area contributed by atoms with Crippen LogP contribution in [-0.4, -0.2) is 23.9 Å². The number of nitrogens with zero attached hydrogens (tertiary/aromatic N) is 1. The van der Waals surface area contributed by atoms with Crippen LogP contribution < -0.4 is 5.73 Å². The highest BCUT2D eigenvalue weighted by Gasteiger charge is 2.32. The molecule has 17 heavy (non-hydrogen) atoms. The van der Waals surface area contributed by atoms with Crippen LogP contribution in [-0.2, 0) is 11.3 Å². The largest absolute Gasteiger partial charge is 0.341 e. The van der Waals surface area contributed by atoms with Gasteiger partial charge in [0.05, 0.1) is 9.70 Å². The van der Waals surface area contributed by atoms with Gasteiger partial charge < -0.3 is 10.6 Å². The van der Waals surface area contributed by atoms with Gasteiger partial charge in [-0.25, -0.2) is 0 Å². The molecule has 0 spiro atoms. The Hall–Kier alpha value is -0.390. The van der Waals surface area contributed by atoms with Gasteiger partial charge in [0.1, 0.15) is 0 Å². The van der Waals surface area contributed by atoms with Crippen molar-refractivity contribution < 1.29 is 4.79 Å². The van der Waals surface area contributed by atoms with Crippen LogP contribution in [0, 0.1) is 5.92 Å². The minimum absolute atomic E-state index is 0.0297. The van der Waals surface area contributed by atoms with E-state index in [2.05, 4.69) is 27.4 Å². The Morgan fingerprint density at radius 1 is 1.65 bits per heavy atom. The molecule has 1 aliphatic rings. The van der Waals surface area contributed by atoms with Gasteiger partial charge >= 0.3 is 0 Å². The second kappa shape index (κ2) is 5.50. The van der Waals surface area contributed by atoms with Gasteiger partial charge in [-0.2, -0.15) is 0 Å². The lowest BCUT2D eigenvalue weighted by molar-refractivity contribution is -0.134. The molecular weight excluding hydrogens is 300 g/mol. The number of hydrogen-bond donors (Lipinski definition) is 1. The summed E-state index contributed by atoms with van der Waals surface area (Å²) >= 11 is 5.07. The van der Waals surface area contributed by atoms with Gasteiger partial charge in [-0.3, -0.25) is 4.79 Å². The first kappa shape index (κ1) is 13.1. The molecular formula is C12H17BrN2OS. The van der Waals surface area contributed by atoms with Gasteiger partial charge in [0.25, 0.3) is 0 Å². The van der Waals surface area contributed by atoms with Gasteiger partial charge in [0, 0.05) is 19.6 Å². The number of thiophene rings is 1. The van der Waals surface area contributed by atoms with Crippen molar-refractivity contribution in [2.45, 2.75) is 31.8 Å². The molecule has 1 amide bonds. The summed E-state index contributed by atoms with van der Waals surface area (Å²) < 4.78 is 1.10. The summed E-state index contributed by atoms with van der Waals surface area (Å²) in [4.78, 5) is 14.0. The molecule has 2 N–H and O–H groups in total. The van der Waals surface area contributed by atoms with Crippen molar-refractivity contribution in [3.05, 3.63) is 20.8 Å². The van der Waals surface area contributed by atoms with Crippen LogP contribution in [0.4, 0.5) is 0 Å². The zero-order chi connectivity index (χ0) is 12.4. The number of amides is 1. The molecule has 1 saturated carbocycles.